The van der Waals surface area contributed by atoms with Gasteiger partial charge in [-0.05, 0) is 35.9 Å². The summed E-state index contributed by atoms with van der Waals surface area (Å²) in [5.41, 5.74) is 1.88. The lowest BCUT2D eigenvalue weighted by Gasteiger charge is -2.28. The predicted octanol–water partition coefficient (Wildman–Crippen LogP) is 3.84. The van der Waals surface area contributed by atoms with Gasteiger partial charge in [0.05, 0.1) is 43.7 Å². The van der Waals surface area contributed by atoms with Crippen LogP contribution in [0.3, 0.4) is 0 Å². The van der Waals surface area contributed by atoms with E-state index in [1.807, 2.05) is 34.9 Å². The molecule has 0 unspecified atom stereocenters. The molecule has 0 amide bonds. The molecule has 0 aliphatic carbocycles. The number of aromatic nitrogens is 3. The maximum atomic E-state index is 10.0. The van der Waals surface area contributed by atoms with Gasteiger partial charge in [-0.25, -0.2) is 0 Å². The van der Waals surface area contributed by atoms with Crippen LogP contribution in [0.25, 0.3) is 17.3 Å². The van der Waals surface area contributed by atoms with Gasteiger partial charge in [0.2, 0.25) is 5.95 Å². The van der Waals surface area contributed by atoms with Crippen LogP contribution in [0.1, 0.15) is 11.4 Å². The quantitative estimate of drug-likeness (QED) is 0.526. The second kappa shape index (κ2) is 9.73. The lowest BCUT2D eigenvalue weighted by molar-refractivity contribution is 0.122. The monoisotopic (exact) mass is 451 g/mol. The SMILES string of the molecule is COc1cc(/C=C(\C#N)c2nnc(N3CCOCC3)n2-c2ccccc2)cc(Cl)c1OC. The number of methoxy groups -OCH3 is 2. The molecule has 0 radical (unpaired) electrons. The van der Waals surface area contributed by atoms with E-state index in [0.29, 0.717) is 65.7 Å². The highest BCUT2D eigenvalue weighted by Gasteiger charge is 2.23. The molecule has 0 N–H and O–H groups in total. The maximum Gasteiger partial charge on any atom is 0.232 e. The molecule has 0 bridgehead atoms. The van der Waals surface area contributed by atoms with E-state index in [4.69, 9.17) is 25.8 Å². The van der Waals surface area contributed by atoms with Crippen molar-refractivity contribution in [1.29, 1.82) is 5.26 Å². The molecule has 1 aromatic heterocycles. The van der Waals surface area contributed by atoms with E-state index in [2.05, 4.69) is 21.2 Å². The molecule has 4 rings (SSSR count). The van der Waals surface area contributed by atoms with Crippen molar-refractivity contribution in [3.63, 3.8) is 0 Å². The van der Waals surface area contributed by atoms with Crippen LogP contribution in [0.4, 0.5) is 5.95 Å². The van der Waals surface area contributed by atoms with Gasteiger partial charge < -0.3 is 19.1 Å². The Morgan fingerprint density at radius 1 is 1.12 bits per heavy atom. The first-order chi connectivity index (χ1) is 15.7. The number of anilines is 1. The molecule has 9 heteroatoms. The average Bonchev–Trinajstić information content (AvgIpc) is 3.28. The minimum absolute atomic E-state index is 0.337. The highest BCUT2D eigenvalue weighted by Crippen LogP contribution is 2.37. The summed E-state index contributed by atoms with van der Waals surface area (Å²) in [6, 6.07) is 15.5. The van der Waals surface area contributed by atoms with Crippen molar-refractivity contribution < 1.29 is 14.2 Å². The molecule has 1 saturated heterocycles. The molecule has 2 aromatic carbocycles. The molecule has 164 valence electrons. The molecule has 0 saturated carbocycles. The van der Waals surface area contributed by atoms with Crippen molar-refractivity contribution in [1.82, 2.24) is 14.8 Å². The third kappa shape index (κ3) is 4.26. The van der Waals surface area contributed by atoms with Crippen LogP contribution in [0.15, 0.2) is 42.5 Å². The van der Waals surface area contributed by atoms with Crippen molar-refractivity contribution in [3.8, 4) is 23.3 Å². The highest BCUT2D eigenvalue weighted by atomic mass is 35.5. The maximum absolute atomic E-state index is 10.0. The zero-order valence-corrected chi connectivity index (χ0v) is 18.5. The standard InChI is InChI=1S/C23H22ClN5O3/c1-30-20-14-16(13-19(24)21(20)31-2)12-17(15-25)22-26-27-23(28-8-10-32-11-9-28)29(22)18-6-4-3-5-7-18/h3-7,12-14H,8-11H2,1-2H3/b17-12+. The van der Waals surface area contributed by atoms with Crippen LogP contribution < -0.4 is 14.4 Å². The highest BCUT2D eigenvalue weighted by molar-refractivity contribution is 6.32. The Kier molecular flexibility index (Phi) is 6.59. The summed E-state index contributed by atoms with van der Waals surface area (Å²) in [6.07, 6.45) is 1.71. The van der Waals surface area contributed by atoms with Gasteiger partial charge in [-0.2, -0.15) is 5.26 Å². The van der Waals surface area contributed by atoms with Crippen LogP contribution in [0.5, 0.6) is 11.5 Å². The number of nitriles is 1. The van der Waals surface area contributed by atoms with Gasteiger partial charge in [0.25, 0.3) is 0 Å². The second-order valence-corrected chi connectivity index (χ2v) is 7.41. The summed E-state index contributed by atoms with van der Waals surface area (Å²) in [5.74, 6) is 2.01. The Hall–Kier alpha value is -3.54. The van der Waals surface area contributed by atoms with Crippen LogP contribution in [0.2, 0.25) is 5.02 Å². The normalized spacial score (nSPS) is 14.2. The van der Waals surface area contributed by atoms with Crippen LogP contribution in [-0.2, 0) is 4.74 Å². The molecule has 2 heterocycles. The number of allylic oxidation sites excluding steroid dienone is 1. The Bertz CT molecular complexity index is 1160. The smallest absolute Gasteiger partial charge is 0.232 e. The largest absolute Gasteiger partial charge is 0.493 e. The topological polar surface area (TPSA) is 85.4 Å². The molecule has 1 aliphatic rings. The summed E-state index contributed by atoms with van der Waals surface area (Å²) in [5, 5.41) is 19.2. The number of rotatable bonds is 6. The van der Waals surface area contributed by atoms with Gasteiger partial charge in [-0.15, -0.1) is 10.2 Å². The van der Waals surface area contributed by atoms with E-state index in [1.54, 1.807) is 18.2 Å². The Balaban J connectivity index is 1.84. The molecule has 1 aliphatic heterocycles. The first-order valence-electron chi connectivity index (χ1n) is 10.0. The van der Waals surface area contributed by atoms with Crippen molar-refractivity contribution >= 4 is 29.2 Å². The van der Waals surface area contributed by atoms with Crippen molar-refractivity contribution in [3.05, 3.63) is 58.9 Å². The van der Waals surface area contributed by atoms with E-state index in [1.165, 1.54) is 14.2 Å². The number of halogens is 1. The van der Waals surface area contributed by atoms with Gasteiger partial charge in [0.1, 0.15) is 6.07 Å². The molecule has 8 nitrogen and oxygen atoms in total. The lowest BCUT2D eigenvalue weighted by atomic mass is 10.1. The van der Waals surface area contributed by atoms with E-state index < -0.39 is 0 Å². The fourth-order valence-electron chi connectivity index (χ4n) is 3.57. The molecule has 1 fully saturated rings. The summed E-state index contributed by atoms with van der Waals surface area (Å²) < 4.78 is 18.0. The van der Waals surface area contributed by atoms with Gasteiger partial charge >= 0.3 is 0 Å². The molecule has 32 heavy (non-hydrogen) atoms. The van der Waals surface area contributed by atoms with Gasteiger partial charge in [-0.3, -0.25) is 4.57 Å². The minimum atomic E-state index is 0.337. The van der Waals surface area contributed by atoms with Crippen molar-refractivity contribution in [2.75, 3.05) is 45.4 Å². The van der Waals surface area contributed by atoms with Crippen LogP contribution in [0, 0.1) is 11.3 Å². The summed E-state index contributed by atoms with van der Waals surface area (Å²) in [4.78, 5) is 2.11. The van der Waals surface area contributed by atoms with E-state index in [9.17, 15) is 5.26 Å². The van der Waals surface area contributed by atoms with Crippen molar-refractivity contribution in [2.45, 2.75) is 0 Å². The summed E-state index contributed by atoms with van der Waals surface area (Å²) in [6.45, 7) is 2.62. The predicted molar refractivity (Wildman–Crippen MR) is 122 cm³/mol. The van der Waals surface area contributed by atoms with Gasteiger partial charge in [-0.1, -0.05) is 29.8 Å². The molecular weight excluding hydrogens is 430 g/mol. The zero-order chi connectivity index (χ0) is 22.5. The van der Waals surface area contributed by atoms with Gasteiger partial charge in [0, 0.05) is 13.1 Å². The number of hydrogen-bond donors (Lipinski definition) is 0. The van der Waals surface area contributed by atoms with E-state index >= 15 is 0 Å². The summed E-state index contributed by atoms with van der Waals surface area (Å²) in [7, 11) is 3.06. The number of benzene rings is 2. The number of ether oxygens (including phenoxy) is 3. The van der Waals surface area contributed by atoms with Crippen LogP contribution >= 0.6 is 11.6 Å². The van der Waals surface area contributed by atoms with Gasteiger partial charge in [0.15, 0.2) is 17.3 Å². The number of hydrogen-bond acceptors (Lipinski definition) is 7. The Labute approximate surface area is 191 Å². The molecular formula is C23H22ClN5O3. The van der Waals surface area contributed by atoms with Crippen molar-refractivity contribution in [2.24, 2.45) is 0 Å². The lowest BCUT2D eigenvalue weighted by Crippen LogP contribution is -2.38. The number of morpholine rings is 1. The van der Waals surface area contributed by atoms with Crippen LogP contribution in [-0.4, -0.2) is 55.3 Å². The third-order valence-electron chi connectivity index (χ3n) is 5.08. The first-order valence-corrected chi connectivity index (χ1v) is 10.4. The minimum Gasteiger partial charge on any atom is -0.493 e. The molecule has 0 atom stereocenters. The first kappa shape index (κ1) is 21.7. The van der Waals surface area contributed by atoms with E-state index in [-0.39, 0.29) is 0 Å². The molecule has 0 spiro atoms. The summed E-state index contributed by atoms with van der Waals surface area (Å²) >= 11 is 6.35. The second-order valence-electron chi connectivity index (χ2n) is 7.00. The van der Waals surface area contributed by atoms with E-state index in [0.717, 1.165) is 5.69 Å². The average molecular weight is 452 g/mol. The number of para-hydroxylation sites is 1. The fourth-order valence-corrected chi connectivity index (χ4v) is 3.86. The number of nitrogens with zero attached hydrogens (tertiary/aromatic N) is 5. The Morgan fingerprint density at radius 3 is 2.53 bits per heavy atom. The zero-order valence-electron chi connectivity index (χ0n) is 17.8. The fraction of sp³-hybridized carbons (Fsp3) is 0.261. The molecule has 3 aromatic rings. The Morgan fingerprint density at radius 2 is 1.88 bits per heavy atom. The third-order valence-corrected chi connectivity index (χ3v) is 5.36.